The van der Waals surface area contributed by atoms with Gasteiger partial charge < -0.3 is 14.8 Å². The van der Waals surface area contributed by atoms with E-state index in [1.165, 1.54) is 6.07 Å². The van der Waals surface area contributed by atoms with Crippen LogP contribution in [0.1, 0.15) is 81.5 Å². The van der Waals surface area contributed by atoms with Gasteiger partial charge in [0.2, 0.25) is 5.91 Å². The van der Waals surface area contributed by atoms with E-state index in [0.29, 0.717) is 47.6 Å². The lowest BCUT2D eigenvalue weighted by Gasteiger charge is -2.36. The zero-order valence-electron chi connectivity index (χ0n) is 22.6. The van der Waals surface area contributed by atoms with Crippen molar-refractivity contribution in [2.45, 2.75) is 65.3 Å². The van der Waals surface area contributed by atoms with Crippen molar-refractivity contribution in [3.05, 3.63) is 83.3 Å². The summed E-state index contributed by atoms with van der Waals surface area (Å²) < 4.78 is 6.37. The number of Topliss-reactive ketones (excluding diaryl/α,β-unsaturated/α-hetero) is 1. The van der Waals surface area contributed by atoms with E-state index in [1.807, 2.05) is 24.3 Å². The molecule has 1 aromatic heterocycles. The molecule has 3 aromatic rings. The van der Waals surface area contributed by atoms with Gasteiger partial charge in [0.25, 0.3) is 0 Å². The van der Waals surface area contributed by atoms with Crippen LogP contribution in [0.5, 0.6) is 0 Å². The number of allylic oxidation sites excluding steroid dienone is 1. The maximum absolute atomic E-state index is 13.9. The number of hydrogen-bond acceptors (Lipinski definition) is 5. The van der Waals surface area contributed by atoms with Crippen molar-refractivity contribution >= 4 is 29.0 Å². The number of hydrogen-bond donors (Lipinski definition) is 2. The maximum atomic E-state index is 13.9. The second-order valence-electron chi connectivity index (χ2n) is 11.2. The third-order valence-electron chi connectivity index (χ3n) is 7.45. The molecule has 0 spiro atoms. The van der Waals surface area contributed by atoms with Gasteiger partial charge in [0, 0.05) is 29.7 Å². The molecular formula is C32H34N2O5. The average molecular weight is 527 g/mol. The average Bonchev–Trinajstić information content (AvgIpc) is 3.33. The number of nitrogens with zero attached hydrogens (tertiary/aromatic N) is 1. The highest BCUT2D eigenvalue weighted by Crippen LogP contribution is 2.49. The molecule has 1 aliphatic heterocycles. The van der Waals surface area contributed by atoms with Crippen molar-refractivity contribution in [3.63, 3.8) is 0 Å². The van der Waals surface area contributed by atoms with Crippen molar-refractivity contribution in [3.8, 4) is 11.3 Å². The number of carbonyl (C=O) groups is 3. The summed E-state index contributed by atoms with van der Waals surface area (Å²) in [4.78, 5) is 41.0. The van der Waals surface area contributed by atoms with E-state index < -0.39 is 12.0 Å². The van der Waals surface area contributed by atoms with Crippen LogP contribution >= 0.6 is 0 Å². The molecule has 1 atom stereocenters. The van der Waals surface area contributed by atoms with Gasteiger partial charge in [-0.05, 0) is 54.7 Å². The predicted octanol–water partition coefficient (Wildman–Crippen LogP) is 7.37. The lowest BCUT2D eigenvalue weighted by molar-refractivity contribution is -0.119. The standard InChI is InChI=1S/C32H34N2O5/c1-4-5-6-14-28(36)34-24-13-8-7-12-22(24)33-23-18-32(2,3)19-25(35)29(23)30(34)27-16-15-26(39-27)20-10-9-11-21(17-20)31(37)38/h7-13,15-17,30,33H,4-6,14,18-19H2,1-3H3,(H,37,38)/t30-/m0/s1. The first-order chi connectivity index (χ1) is 18.7. The fraction of sp³-hybridized carbons (Fsp3) is 0.344. The van der Waals surface area contributed by atoms with Crippen molar-refractivity contribution in [2.75, 3.05) is 10.2 Å². The van der Waals surface area contributed by atoms with Gasteiger partial charge in [-0.25, -0.2) is 4.79 Å². The molecule has 2 N–H and O–H groups in total. The van der Waals surface area contributed by atoms with Gasteiger partial charge in [0.15, 0.2) is 5.78 Å². The van der Waals surface area contributed by atoms with Crippen molar-refractivity contribution in [2.24, 2.45) is 5.41 Å². The zero-order valence-corrected chi connectivity index (χ0v) is 22.6. The van der Waals surface area contributed by atoms with Crippen molar-refractivity contribution in [1.82, 2.24) is 0 Å². The molecule has 1 amide bonds. The Hall–Kier alpha value is -4.13. The molecule has 202 valence electrons. The number of ketones is 1. The van der Waals surface area contributed by atoms with Crippen LogP contribution in [0.25, 0.3) is 11.3 Å². The number of furan rings is 1. The molecule has 0 bridgehead atoms. The number of rotatable bonds is 7. The molecule has 2 aliphatic rings. The van der Waals surface area contributed by atoms with E-state index in [9.17, 15) is 19.5 Å². The second-order valence-corrected chi connectivity index (χ2v) is 11.2. The number of benzene rings is 2. The topological polar surface area (TPSA) is 99.9 Å². The normalized spacial score (nSPS) is 18.2. The second kappa shape index (κ2) is 10.6. The summed E-state index contributed by atoms with van der Waals surface area (Å²) in [5.74, 6) is -0.163. The molecule has 1 aliphatic carbocycles. The van der Waals surface area contributed by atoms with Crippen LogP contribution in [0.15, 0.2) is 76.4 Å². The monoisotopic (exact) mass is 526 g/mol. The van der Waals surface area contributed by atoms with E-state index in [2.05, 4.69) is 26.1 Å². The molecule has 0 unspecified atom stereocenters. The van der Waals surface area contributed by atoms with Crippen LogP contribution in [-0.2, 0) is 9.59 Å². The van der Waals surface area contributed by atoms with E-state index >= 15 is 0 Å². The molecule has 0 saturated heterocycles. The van der Waals surface area contributed by atoms with Crippen molar-refractivity contribution in [1.29, 1.82) is 0 Å². The zero-order chi connectivity index (χ0) is 27.7. The van der Waals surface area contributed by atoms with Gasteiger partial charge in [0.1, 0.15) is 17.6 Å². The summed E-state index contributed by atoms with van der Waals surface area (Å²) in [5, 5.41) is 13.0. The molecular weight excluding hydrogens is 492 g/mol. The first-order valence-electron chi connectivity index (χ1n) is 13.6. The van der Waals surface area contributed by atoms with E-state index in [4.69, 9.17) is 4.42 Å². The number of unbranched alkanes of at least 4 members (excludes halogenated alkanes) is 2. The number of anilines is 2. The van der Waals surface area contributed by atoms with Crippen LogP contribution in [0, 0.1) is 5.41 Å². The minimum atomic E-state index is -1.02. The summed E-state index contributed by atoms with van der Waals surface area (Å²) in [7, 11) is 0. The third-order valence-corrected chi connectivity index (χ3v) is 7.45. The number of fused-ring (bicyclic) bond motifs is 1. The van der Waals surface area contributed by atoms with E-state index in [0.717, 1.165) is 30.6 Å². The lowest BCUT2D eigenvalue weighted by atomic mass is 9.74. The summed E-state index contributed by atoms with van der Waals surface area (Å²) in [6.07, 6.45) is 4.07. The number of carboxylic acids is 1. The largest absolute Gasteiger partial charge is 0.478 e. The molecule has 0 radical (unpaired) electrons. The Morgan fingerprint density at radius 3 is 2.62 bits per heavy atom. The van der Waals surface area contributed by atoms with Crippen molar-refractivity contribution < 1.29 is 23.9 Å². The quantitative estimate of drug-likeness (QED) is 0.312. The highest BCUT2D eigenvalue weighted by Gasteiger charge is 2.44. The maximum Gasteiger partial charge on any atom is 0.335 e. The molecule has 2 aromatic carbocycles. The molecule has 7 nitrogen and oxygen atoms in total. The minimum Gasteiger partial charge on any atom is -0.478 e. The van der Waals surface area contributed by atoms with Crippen LogP contribution in [0.4, 0.5) is 11.4 Å². The SMILES string of the molecule is CCCCCC(=O)N1c2ccccc2NC2=C(C(=O)CC(C)(C)C2)[C@@H]1c1ccc(-c2cccc(C(=O)O)c2)o1. The van der Waals surface area contributed by atoms with Gasteiger partial charge in [-0.3, -0.25) is 14.5 Å². The molecule has 7 heteroatoms. The molecule has 39 heavy (non-hydrogen) atoms. The molecule has 0 fully saturated rings. The number of carbonyl (C=O) groups excluding carboxylic acids is 2. The van der Waals surface area contributed by atoms with Crippen LogP contribution in [0.2, 0.25) is 0 Å². The van der Waals surface area contributed by atoms with Crippen LogP contribution in [0.3, 0.4) is 0 Å². The first kappa shape index (κ1) is 26.5. The van der Waals surface area contributed by atoms with Gasteiger partial charge in [-0.1, -0.05) is 57.9 Å². The van der Waals surface area contributed by atoms with Gasteiger partial charge >= 0.3 is 5.97 Å². The minimum absolute atomic E-state index is 0.0104. The number of nitrogens with one attached hydrogen (secondary N) is 1. The Morgan fingerprint density at radius 2 is 1.85 bits per heavy atom. The van der Waals surface area contributed by atoms with Gasteiger partial charge in [0.05, 0.1) is 16.9 Å². The third kappa shape index (κ3) is 5.26. The summed E-state index contributed by atoms with van der Waals surface area (Å²) >= 11 is 0. The number of amides is 1. The summed E-state index contributed by atoms with van der Waals surface area (Å²) in [6.45, 7) is 6.26. The van der Waals surface area contributed by atoms with Gasteiger partial charge in [-0.2, -0.15) is 0 Å². The van der Waals surface area contributed by atoms with Crippen LogP contribution < -0.4 is 10.2 Å². The molecule has 0 saturated carbocycles. The smallest absolute Gasteiger partial charge is 0.335 e. The Labute approximate surface area is 228 Å². The van der Waals surface area contributed by atoms with Crippen LogP contribution in [-0.4, -0.2) is 22.8 Å². The predicted molar refractivity (Wildman–Crippen MR) is 151 cm³/mol. The summed E-state index contributed by atoms with van der Waals surface area (Å²) in [6, 6.07) is 17.0. The van der Waals surface area contributed by atoms with Gasteiger partial charge in [-0.15, -0.1) is 0 Å². The number of carboxylic acid groups (broad SMARTS) is 1. The number of para-hydroxylation sites is 2. The molecule has 5 rings (SSSR count). The Bertz CT molecular complexity index is 1460. The van der Waals surface area contributed by atoms with E-state index in [1.54, 1.807) is 35.2 Å². The van der Waals surface area contributed by atoms with E-state index in [-0.39, 0.29) is 22.7 Å². The highest BCUT2D eigenvalue weighted by molar-refractivity contribution is 6.06. The Kier molecular flexibility index (Phi) is 7.17. The first-order valence-corrected chi connectivity index (χ1v) is 13.6. The Balaban J connectivity index is 1.68. The number of aromatic carboxylic acids is 1. The fourth-order valence-corrected chi connectivity index (χ4v) is 5.64. The lowest BCUT2D eigenvalue weighted by Crippen LogP contribution is -2.39. The summed E-state index contributed by atoms with van der Waals surface area (Å²) in [5.41, 5.74) is 3.38. The highest BCUT2D eigenvalue weighted by atomic mass is 16.4. The Morgan fingerprint density at radius 1 is 1.05 bits per heavy atom. The fourth-order valence-electron chi connectivity index (χ4n) is 5.64. The molecule has 2 heterocycles.